The van der Waals surface area contributed by atoms with Gasteiger partial charge in [0.2, 0.25) is 11.1 Å². The first-order valence-electron chi connectivity index (χ1n) is 7.99. The summed E-state index contributed by atoms with van der Waals surface area (Å²) < 4.78 is 2.50. The van der Waals surface area contributed by atoms with E-state index < -0.39 is 0 Å². The minimum absolute atomic E-state index is 0.116. The molecule has 1 amide bonds. The van der Waals surface area contributed by atoms with Crippen molar-refractivity contribution < 1.29 is 4.79 Å². The number of halogens is 1. The van der Waals surface area contributed by atoms with Gasteiger partial charge >= 0.3 is 0 Å². The molecule has 2 aromatic carbocycles. The lowest BCUT2D eigenvalue weighted by atomic mass is 10.1. The van der Waals surface area contributed by atoms with Gasteiger partial charge in [-0.3, -0.25) is 4.79 Å². The van der Waals surface area contributed by atoms with Crippen molar-refractivity contribution in [3.05, 3.63) is 57.6 Å². The molecular weight excluding hydrogens is 414 g/mol. The van der Waals surface area contributed by atoms with Gasteiger partial charge < -0.3 is 5.32 Å². The number of hydrogen-bond acceptors (Lipinski definition) is 5. The smallest absolute Gasteiger partial charge is 0.234 e. The Morgan fingerprint density at radius 2 is 1.96 bits per heavy atom. The Kier molecular flexibility index (Phi) is 5.73. The van der Waals surface area contributed by atoms with E-state index in [1.54, 1.807) is 4.68 Å². The standard InChI is InChI=1S/C18H18BrN5OS/c1-11-4-7-16(15(19)8-11)20-17(25)10-26-18-21-22-23-24(18)14-6-5-12(2)13(3)9-14/h4-9H,10H2,1-3H3,(H,20,25). The van der Waals surface area contributed by atoms with E-state index in [1.807, 2.05) is 50.2 Å². The summed E-state index contributed by atoms with van der Waals surface area (Å²) in [7, 11) is 0. The summed E-state index contributed by atoms with van der Waals surface area (Å²) in [6.07, 6.45) is 0. The van der Waals surface area contributed by atoms with E-state index in [-0.39, 0.29) is 11.7 Å². The number of nitrogens with one attached hydrogen (secondary N) is 1. The van der Waals surface area contributed by atoms with E-state index in [0.29, 0.717) is 5.16 Å². The summed E-state index contributed by atoms with van der Waals surface area (Å²) in [4.78, 5) is 12.3. The second-order valence-corrected chi connectivity index (χ2v) is 7.76. The molecule has 3 rings (SSSR count). The number of thioether (sulfide) groups is 1. The zero-order valence-electron chi connectivity index (χ0n) is 14.7. The molecule has 0 unspecified atom stereocenters. The van der Waals surface area contributed by atoms with Crippen LogP contribution in [0.15, 0.2) is 46.0 Å². The maximum atomic E-state index is 12.3. The third-order valence-corrected chi connectivity index (χ3v) is 5.48. The molecule has 0 spiro atoms. The number of nitrogens with zero attached hydrogens (tertiary/aromatic N) is 4. The third kappa shape index (κ3) is 4.31. The fourth-order valence-electron chi connectivity index (χ4n) is 2.33. The number of aromatic nitrogens is 4. The summed E-state index contributed by atoms with van der Waals surface area (Å²) in [5.41, 5.74) is 5.11. The second kappa shape index (κ2) is 8.01. The Bertz CT molecular complexity index is 957. The lowest BCUT2D eigenvalue weighted by molar-refractivity contribution is -0.113. The predicted molar refractivity (Wildman–Crippen MR) is 107 cm³/mol. The zero-order chi connectivity index (χ0) is 18.7. The van der Waals surface area contributed by atoms with E-state index in [0.717, 1.165) is 27.0 Å². The van der Waals surface area contributed by atoms with Crippen LogP contribution in [-0.4, -0.2) is 31.9 Å². The molecule has 1 heterocycles. The average Bonchev–Trinajstić information content (AvgIpc) is 3.06. The number of carbonyl (C=O) groups excluding carboxylic acids is 1. The molecule has 0 aliphatic rings. The molecule has 3 aromatic rings. The first kappa shape index (κ1) is 18.6. The van der Waals surface area contributed by atoms with Crippen LogP contribution in [0.25, 0.3) is 5.69 Å². The van der Waals surface area contributed by atoms with E-state index in [4.69, 9.17) is 0 Å². The number of anilines is 1. The number of aryl methyl sites for hydroxylation is 3. The molecule has 26 heavy (non-hydrogen) atoms. The molecule has 0 atom stereocenters. The minimum atomic E-state index is -0.116. The second-order valence-electron chi connectivity index (χ2n) is 5.96. The number of carbonyl (C=O) groups is 1. The lowest BCUT2D eigenvalue weighted by Gasteiger charge is -2.09. The van der Waals surface area contributed by atoms with Crippen molar-refractivity contribution in [2.75, 3.05) is 11.1 Å². The minimum Gasteiger partial charge on any atom is -0.324 e. The van der Waals surface area contributed by atoms with E-state index in [2.05, 4.69) is 43.7 Å². The highest BCUT2D eigenvalue weighted by atomic mass is 79.9. The van der Waals surface area contributed by atoms with Gasteiger partial charge in [0.1, 0.15) is 0 Å². The van der Waals surface area contributed by atoms with Crippen LogP contribution < -0.4 is 5.32 Å². The fourth-order valence-corrected chi connectivity index (χ4v) is 3.61. The number of benzene rings is 2. The van der Waals surface area contributed by atoms with E-state index in [1.165, 1.54) is 17.3 Å². The lowest BCUT2D eigenvalue weighted by Crippen LogP contribution is -2.15. The van der Waals surface area contributed by atoms with Gasteiger partial charge in [0.05, 0.1) is 17.1 Å². The predicted octanol–water partition coefficient (Wildman–Crippen LogP) is 4.08. The topological polar surface area (TPSA) is 72.7 Å². The summed E-state index contributed by atoms with van der Waals surface area (Å²) in [6, 6.07) is 11.8. The molecule has 0 saturated carbocycles. The van der Waals surface area contributed by atoms with Crippen molar-refractivity contribution in [1.82, 2.24) is 20.2 Å². The van der Waals surface area contributed by atoms with Gasteiger partial charge in [0.25, 0.3) is 0 Å². The number of tetrazole rings is 1. The van der Waals surface area contributed by atoms with Crippen LogP contribution in [0, 0.1) is 20.8 Å². The van der Waals surface area contributed by atoms with Crippen molar-refractivity contribution in [1.29, 1.82) is 0 Å². The van der Waals surface area contributed by atoms with Gasteiger partial charge in [-0.15, -0.1) is 5.10 Å². The van der Waals surface area contributed by atoms with Gasteiger partial charge in [-0.05, 0) is 88.1 Å². The average molecular weight is 432 g/mol. The summed E-state index contributed by atoms with van der Waals surface area (Å²) in [6.45, 7) is 6.10. The highest BCUT2D eigenvalue weighted by Crippen LogP contribution is 2.24. The SMILES string of the molecule is Cc1ccc(NC(=O)CSc2nnnn2-c2ccc(C)c(C)c2)c(Br)c1. The molecule has 0 aliphatic heterocycles. The Labute approximate surface area is 164 Å². The van der Waals surface area contributed by atoms with Crippen molar-refractivity contribution in [2.45, 2.75) is 25.9 Å². The molecule has 1 N–H and O–H groups in total. The summed E-state index contributed by atoms with van der Waals surface area (Å²) in [5, 5.41) is 15.3. The monoisotopic (exact) mass is 431 g/mol. The molecular formula is C18H18BrN5OS. The summed E-state index contributed by atoms with van der Waals surface area (Å²) >= 11 is 4.76. The molecule has 0 fully saturated rings. The first-order chi connectivity index (χ1) is 12.4. The largest absolute Gasteiger partial charge is 0.324 e. The third-order valence-electron chi connectivity index (χ3n) is 3.91. The Morgan fingerprint density at radius 3 is 2.69 bits per heavy atom. The Morgan fingerprint density at radius 1 is 1.15 bits per heavy atom. The quantitative estimate of drug-likeness (QED) is 0.616. The fraction of sp³-hybridized carbons (Fsp3) is 0.222. The maximum absolute atomic E-state index is 12.3. The van der Waals surface area contributed by atoms with Gasteiger partial charge in [-0.1, -0.05) is 23.9 Å². The molecule has 0 aliphatic carbocycles. The van der Waals surface area contributed by atoms with E-state index >= 15 is 0 Å². The van der Waals surface area contributed by atoms with Crippen LogP contribution in [0.4, 0.5) is 5.69 Å². The van der Waals surface area contributed by atoms with Crippen LogP contribution in [0.3, 0.4) is 0 Å². The van der Waals surface area contributed by atoms with Crippen LogP contribution >= 0.6 is 27.7 Å². The molecule has 134 valence electrons. The molecule has 8 heteroatoms. The van der Waals surface area contributed by atoms with Gasteiger partial charge in [-0.2, -0.15) is 4.68 Å². The normalized spacial score (nSPS) is 10.8. The van der Waals surface area contributed by atoms with Crippen LogP contribution in [-0.2, 0) is 4.79 Å². The van der Waals surface area contributed by atoms with E-state index in [9.17, 15) is 4.79 Å². The zero-order valence-corrected chi connectivity index (χ0v) is 17.1. The Balaban J connectivity index is 1.68. The maximum Gasteiger partial charge on any atom is 0.234 e. The van der Waals surface area contributed by atoms with Gasteiger partial charge in [0, 0.05) is 4.47 Å². The Hall–Kier alpha value is -2.19. The molecule has 1 aromatic heterocycles. The highest BCUT2D eigenvalue weighted by Gasteiger charge is 2.13. The van der Waals surface area contributed by atoms with Gasteiger partial charge in [0.15, 0.2) is 0 Å². The number of amides is 1. The summed E-state index contributed by atoms with van der Waals surface area (Å²) in [5.74, 6) is 0.0973. The van der Waals surface area contributed by atoms with Gasteiger partial charge in [-0.25, -0.2) is 0 Å². The highest BCUT2D eigenvalue weighted by molar-refractivity contribution is 9.10. The van der Waals surface area contributed by atoms with Crippen molar-refractivity contribution in [2.24, 2.45) is 0 Å². The van der Waals surface area contributed by atoms with Crippen molar-refractivity contribution in [3.8, 4) is 5.69 Å². The first-order valence-corrected chi connectivity index (χ1v) is 9.76. The van der Waals surface area contributed by atoms with Crippen LogP contribution in [0.1, 0.15) is 16.7 Å². The molecule has 0 radical (unpaired) electrons. The number of hydrogen-bond donors (Lipinski definition) is 1. The van der Waals surface area contributed by atoms with Crippen molar-refractivity contribution in [3.63, 3.8) is 0 Å². The van der Waals surface area contributed by atoms with Crippen LogP contribution in [0.2, 0.25) is 0 Å². The van der Waals surface area contributed by atoms with Crippen molar-refractivity contribution >= 4 is 39.3 Å². The molecule has 0 saturated heterocycles. The molecule has 0 bridgehead atoms. The molecule has 6 nitrogen and oxygen atoms in total. The number of rotatable bonds is 5. The van der Waals surface area contributed by atoms with Crippen LogP contribution in [0.5, 0.6) is 0 Å².